The van der Waals surface area contributed by atoms with Gasteiger partial charge in [0.15, 0.2) is 0 Å². The van der Waals surface area contributed by atoms with E-state index in [-0.39, 0.29) is 6.85 Å². The van der Waals surface area contributed by atoms with E-state index in [2.05, 4.69) is 161 Å². The topological polar surface area (TPSA) is 8.17 Å². The monoisotopic (exact) mass is 600 g/mol. The van der Waals surface area contributed by atoms with Gasteiger partial charge in [0.2, 0.25) is 0 Å². The molecule has 0 N–H and O–H groups in total. The highest BCUT2D eigenvalue weighted by Crippen LogP contribution is 2.57. The van der Waals surface area contributed by atoms with Crippen LogP contribution in [0.4, 0.5) is 11.4 Å². The number of anilines is 2. The van der Waals surface area contributed by atoms with Crippen LogP contribution in [0.2, 0.25) is 0 Å². The predicted molar refractivity (Wildman–Crippen MR) is 198 cm³/mol. The number of benzene rings is 7. The first kappa shape index (κ1) is 24.7. The summed E-state index contributed by atoms with van der Waals surface area (Å²) in [6.45, 7) is 0.0663. The fourth-order valence-corrected chi connectivity index (χ4v) is 9.68. The van der Waals surface area contributed by atoms with Gasteiger partial charge in [-0.2, -0.15) is 0 Å². The molecule has 9 aromatic rings. The Bertz CT molecular complexity index is 2720. The number of hydrogen-bond donors (Lipinski definition) is 0. The molecule has 0 saturated carbocycles. The van der Waals surface area contributed by atoms with Gasteiger partial charge in [-0.25, -0.2) is 0 Å². The maximum absolute atomic E-state index is 2.69. The molecule has 4 heteroatoms. The lowest BCUT2D eigenvalue weighted by atomic mass is 9.43. The van der Waals surface area contributed by atoms with Crippen LogP contribution in [-0.2, 0) is 0 Å². The molecular formula is C42H25BN2S. The van der Waals surface area contributed by atoms with E-state index in [0.717, 1.165) is 0 Å². The van der Waals surface area contributed by atoms with Crippen LogP contribution in [0, 0.1) is 0 Å². The Kier molecular flexibility index (Phi) is 4.83. The largest absolute Gasteiger partial charge is 0.375 e. The highest BCUT2D eigenvalue weighted by molar-refractivity contribution is 7.27. The van der Waals surface area contributed by atoms with Crippen molar-refractivity contribution in [1.29, 1.82) is 0 Å². The summed E-state index contributed by atoms with van der Waals surface area (Å²) in [7, 11) is 0. The zero-order valence-electron chi connectivity index (χ0n) is 24.8. The first-order valence-electron chi connectivity index (χ1n) is 15.9. The summed E-state index contributed by atoms with van der Waals surface area (Å²) in [6, 6.07) is 56.1. The van der Waals surface area contributed by atoms with E-state index in [1.165, 1.54) is 92.2 Å². The van der Waals surface area contributed by atoms with Gasteiger partial charge in [0.25, 0.3) is 0 Å². The second-order valence-corrected chi connectivity index (χ2v) is 13.5. The van der Waals surface area contributed by atoms with Gasteiger partial charge in [0.1, 0.15) is 0 Å². The summed E-state index contributed by atoms with van der Waals surface area (Å²) in [4.78, 5) is 2.69. The summed E-state index contributed by atoms with van der Waals surface area (Å²) in [5.41, 5.74) is 14.3. The van der Waals surface area contributed by atoms with Crippen LogP contribution >= 0.6 is 11.3 Å². The van der Waals surface area contributed by atoms with Crippen molar-refractivity contribution < 1.29 is 0 Å². The van der Waals surface area contributed by atoms with Crippen LogP contribution in [0.3, 0.4) is 0 Å². The van der Waals surface area contributed by atoms with Crippen molar-refractivity contribution in [2.45, 2.75) is 0 Å². The van der Waals surface area contributed by atoms with Crippen molar-refractivity contribution in [1.82, 2.24) is 4.57 Å². The van der Waals surface area contributed by atoms with Gasteiger partial charge < -0.3 is 9.38 Å². The number of nitrogens with zero attached hydrogens (tertiary/aromatic N) is 2. The van der Waals surface area contributed by atoms with Gasteiger partial charge >= 0.3 is 6.85 Å². The second kappa shape index (κ2) is 9.00. The van der Waals surface area contributed by atoms with Crippen molar-refractivity contribution in [3.63, 3.8) is 0 Å². The SMILES string of the molecule is c1ccc(-n2c3ccccc3c3c4c(c5c6ccccc6sc5c32)N2B(c3ccccc3-c3ccccc32)c2ccccc2-4)cc1. The maximum Gasteiger partial charge on any atom is 0.329 e. The van der Waals surface area contributed by atoms with Crippen LogP contribution in [0.25, 0.3) is 69.9 Å². The second-order valence-electron chi connectivity index (χ2n) is 12.4. The van der Waals surface area contributed by atoms with Crippen molar-refractivity contribution in [2.75, 3.05) is 4.81 Å². The third kappa shape index (κ3) is 3.02. The van der Waals surface area contributed by atoms with E-state index in [1.54, 1.807) is 0 Å². The fourth-order valence-electron chi connectivity index (χ4n) is 8.44. The van der Waals surface area contributed by atoms with Crippen molar-refractivity contribution in [3.8, 4) is 27.9 Å². The molecule has 2 aromatic heterocycles. The molecule has 0 aliphatic carbocycles. The molecule has 4 heterocycles. The Morgan fingerprint density at radius 3 is 1.98 bits per heavy atom. The Balaban J connectivity index is 1.44. The van der Waals surface area contributed by atoms with Crippen molar-refractivity contribution in [3.05, 3.63) is 152 Å². The van der Waals surface area contributed by atoms with Gasteiger partial charge in [-0.3, -0.25) is 0 Å². The Morgan fingerprint density at radius 1 is 0.500 bits per heavy atom. The van der Waals surface area contributed by atoms with E-state index in [4.69, 9.17) is 0 Å². The third-order valence-corrected chi connectivity index (χ3v) is 11.3. The summed E-state index contributed by atoms with van der Waals surface area (Å²) >= 11 is 1.93. The van der Waals surface area contributed by atoms with Crippen LogP contribution in [0.15, 0.2) is 152 Å². The molecule has 11 rings (SSSR count). The minimum Gasteiger partial charge on any atom is -0.375 e. The quantitative estimate of drug-likeness (QED) is 0.170. The smallest absolute Gasteiger partial charge is 0.329 e. The van der Waals surface area contributed by atoms with Crippen molar-refractivity contribution >= 4 is 82.5 Å². The number of para-hydroxylation sites is 3. The average molecular weight is 601 g/mol. The van der Waals surface area contributed by atoms with Gasteiger partial charge in [-0.05, 0) is 52.4 Å². The molecule has 0 saturated heterocycles. The molecule has 0 atom stereocenters. The highest BCUT2D eigenvalue weighted by Gasteiger charge is 2.44. The third-order valence-electron chi connectivity index (χ3n) is 10.2. The van der Waals surface area contributed by atoms with E-state index < -0.39 is 0 Å². The van der Waals surface area contributed by atoms with E-state index in [1.807, 2.05) is 11.3 Å². The van der Waals surface area contributed by atoms with E-state index in [9.17, 15) is 0 Å². The summed E-state index contributed by atoms with van der Waals surface area (Å²) in [5, 5.41) is 5.28. The fraction of sp³-hybridized carbons (Fsp3) is 0. The Morgan fingerprint density at radius 2 is 1.13 bits per heavy atom. The lowest BCUT2D eigenvalue weighted by Gasteiger charge is -2.44. The van der Waals surface area contributed by atoms with Gasteiger partial charge in [-0.15, -0.1) is 11.3 Å². The summed E-state index contributed by atoms with van der Waals surface area (Å²) < 4.78 is 5.17. The van der Waals surface area contributed by atoms with Gasteiger partial charge in [0, 0.05) is 54.4 Å². The molecule has 0 radical (unpaired) electrons. The van der Waals surface area contributed by atoms with Crippen LogP contribution in [0.1, 0.15) is 0 Å². The molecule has 2 aliphatic heterocycles. The number of aromatic nitrogens is 1. The normalized spacial score (nSPS) is 13.1. The molecular weight excluding hydrogens is 575 g/mol. The lowest BCUT2D eigenvalue weighted by Crippen LogP contribution is -2.59. The van der Waals surface area contributed by atoms with Crippen LogP contribution < -0.4 is 15.7 Å². The zero-order valence-corrected chi connectivity index (χ0v) is 25.6. The standard InChI is InChI=1S/C42H25BN2S/c1-2-14-26(15-3-1)44-34-23-11-7-19-30(34)38-37-29-18-5-10-22-33(29)43-32-21-9-4-16-27(32)28-17-6-12-24-35(28)45(43)40(37)39-31-20-8-13-25-36(31)46-42(39)41(38)44/h1-25H. The lowest BCUT2D eigenvalue weighted by molar-refractivity contribution is 1.19. The number of hydrogen-bond acceptors (Lipinski definition) is 2. The average Bonchev–Trinajstić information content (AvgIpc) is 3.68. The molecule has 46 heavy (non-hydrogen) atoms. The predicted octanol–water partition coefficient (Wildman–Crippen LogP) is 10.1. The number of fused-ring (bicyclic) bond motifs is 20. The van der Waals surface area contributed by atoms with Crippen molar-refractivity contribution in [2.24, 2.45) is 0 Å². The molecule has 2 nitrogen and oxygen atoms in total. The first-order valence-corrected chi connectivity index (χ1v) is 16.7. The zero-order chi connectivity index (χ0) is 29.9. The summed E-state index contributed by atoms with van der Waals surface area (Å²) in [5.74, 6) is 0. The molecule has 212 valence electrons. The Labute approximate surface area is 270 Å². The molecule has 7 aromatic carbocycles. The molecule has 0 spiro atoms. The number of rotatable bonds is 1. The highest BCUT2D eigenvalue weighted by atomic mass is 32.1. The Hall–Kier alpha value is -5.58. The number of thiophene rings is 1. The van der Waals surface area contributed by atoms with E-state index in [0.29, 0.717) is 0 Å². The van der Waals surface area contributed by atoms with Crippen LogP contribution in [0.5, 0.6) is 0 Å². The summed E-state index contributed by atoms with van der Waals surface area (Å²) in [6.07, 6.45) is 0. The molecule has 0 unspecified atom stereocenters. The molecule has 0 fully saturated rings. The van der Waals surface area contributed by atoms with Gasteiger partial charge in [0.05, 0.1) is 15.7 Å². The van der Waals surface area contributed by atoms with Gasteiger partial charge in [-0.1, -0.05) is 121 Å². The first-order chi connectivity index (χ1) is 22.9. The van der Waals surface area contributed by atoms with Crippen LogP contribution in [-0.4, -0.2) is 11.4 Å². The van der Waals surface area contributed by atoms with E-state index >= 15 is 0 Å². The minimum absolute atomic E-state index is 0.0663. The molecule has 0 amide bonds. The molecule has 0 bridgehead atoms. The minimum atomic E-state index is 0.0663. The maximum atomic E-state index is 2.69. The molecule has 2 aliphatic rings.